The third-order valence-electron chi connectivity index (χ3n) is 14.1. The van der Waals surface area contributed by atoms with E-state index in [4.69, 9.17) is 13.6 Å². The van der Waals surface area contributed by atoms with E-state index in [1.54, 1.807) is 109 Å². The highest BCUT2D eigenvalue weighted by Crippen LogP contribution is 2.84. The molecule has 3 unspecified atom stereocenters. The molecule has 0 saturated carbocycles. The SMILES string of the molecule is C.O=P1(C(c2ccc(O)cc2)(c2ccc(O)cc2)P2(=O)Oc3ccccc3-c3ccccc32)Oc2ccccc2-c2ccccc21.O=P1(C(c2ccc(O)cc2)c2ccc(O)cc2)Oc2ccccc2-c2ccccc21. The minimum absolute atomic E-state index is 0. The van der Waals surface area contributed by atoms with E-state index in [9.17, 15) is 25.0 Å². The first-order valence-electron chi connectivity index (χ1n) is 24.1. The predicted molar refractivity (Wildman–Crippen MR) is 301 cm³/mol. The van der Waals surface area contributed by atoms with E-state index in [-0.39, 0.29) is 30.4 Å². The zero-order valence-electron chi connectivity index (χ0n) is 39.8. The van der Waals surface area contributed by atoms with Crippen LogP contribution in [0.25, 0.3) is 33.4 Å². The van der Waals surface area contributed by atoms with Crippen molar-refractivity contribution in [2.75, 3.05) is 0 Å². The lowest BCUT2D eigenvalue weighted by Crippen LogP contribution is -2.42. The molecule has 3 aliphatic rings. The van der Waals surface area contributed by atoms with Crippen LogP contribution < -0.4 is 29.5 Å². The van der Waals surface area contributed by atoms with Gasteiger partial charge in [-0.25, -0.2) is 0 Å². The zero-order valence-corrected chi connectivity index (χ0v) is 42.4. The molecule has 0 aromatic heterocycles. The standard InChI is InChI=1S/C37H26O6P2.C25H19O4P.CH4/c38-27-21-17-25(18-22-27)37(26-19-23-28(39)24-20-26,44(40)35-15-7-3-11-31(35)29-9-1-5-13-33(29)42-44)45(41)36-16-8-4-12-32(36)30-10-2-6-14-34(30)43-45;26-19-13-9-17(10-14-19)25(18-11-15-20(27)16-12-18)30(28)24-8-4-2-6-22(24)21-5-1-3-7-23(21)29-30;/h1-24,38-39H;1-16,25-27H;1H4. The van der Waals surface area contributed by atoms with E-state index < -0.39 is 32.7 Å². The van der Waals surface area contributed by atoms with Crippen molar-refractivity contribution >= 4 is 38.0 Å². The maximum Gasteiger partial charge on any atom is 0.303 e. The van der Waals surface area contributed by atoms with Crippen LogP contribution >= 0.6 is 22.1 Å². The van der Waals surface area contributed by atoms with E-state index in [2.05, 4.69) is 0 Å². The number of hydrogen-bond acceptors (Lipinski definition) is 10. The second kappa shape index (κ2) is 19.3. The van der Waals surface area contributed by atoms with Crippen molar-refractivity contribution in [2.24, 2.45) is 0 Å². The van der Waals surface area contributed by atoms with Crippen LogP contribution in [0.15, 0.2) is 243 Å². The van der Waals surface area contributed by atoms with Gasteiger partial charge in [0.05, 0.1) is 15.9 Å². The van der Waals surface area contributed by atoms with Crippen LogP contribution in [0.2, 0.25) is 0 Å². The third kappa shape index (κ3) is 7.83. The van der Waals surface area contributed by atoms with Crippen molar-refractivity contribution in [3.63, 3.8) is 0 Å². The third-order valence-corrected chi connectivity index (χ3v) is 24.1. The molecule has 13 rings (SSSR count). The number of para-hydroxylation sites is 3. The van der Waals surface area contributed by atoms with Gasteiger partial charge in [-0.3, -0.25) is 13.7 Å². The molecule has 0 amide bonds. The molecule has 376 valence electrons. The second-order valence-corrected chi connectivity index (χ2v) is 26.0. The summed E-state index contributed by atoms with van der Waals surface area (Å²) < 4.78 is 67.9. The van der Waals surface area contributed by atoms with Gasteiger partial charge < -0.3 is 34.0 Å². The van der Waals surface area contributed by atoms with Gasteiger partial charge in [0, 0.05) is 16.7 Å². The lowest BCUT2D eigenvalue weighted by molar-refractivity contribution is 0.447. The van der Waals surface area contributed by atoms with Crippen molar-refractivity contribution in [2.45, 2.75) is 18.0 Å². The Balaban J connectivity index is 0.000000173. The molecule has 0 saturated heterocycles. The number of rotatable bonds is 7. The van der Waals surface area contributed by atoms with Gasteiger partial charge in [-0.1, -0.05) is 165 Å². The molecule has 10 aromatic carbocycles. The van der Waals surface area contributed by atoms with Gasteiger partial charge >= 0.3 is 14.7 Å². The summed E-state index contributed by atoms with van der Waals surface area (Å²) in [6.07, 6.45) is 0. The molecule has 0 radical (unpaired) electrons. The molecule has 3 heterocycles. The lowest BCUT2D eigenvalue weighted by Gasteiger charge is -2.48. The normalized spacial score (nSPS) is 18.3. The van der Waals surface area contributed by atoms with Gasteiger partial charge in [-0.2, -0.15) is 0 Å². The van der Waals surface area contributed by atoms with Crippen LogP contribution in [-0.2, 0) is 18.6 Å². The average molecular weight is 1060 g/mol. The molecule has 0 fully saturated rings. The van der Waals surface area contributed by atoms with E-state index in [0.717, 1.165) is 33.4 Å². The highest BCUT2D eigenvalue weighted by atomic mass is 31.2. The van der Waals surface area contributed by atoms with Crippen LogP contribution in [0.4, 0.5) is 0 Å². The Morgan fingerprint density at radius 1 is 0.316 bits per heavy atom. The fourth-order valence-corrected chi connectivity index (χ4v) is 21.5. The van der Waals surface area contributed by atoms with E-state index >= 15 is 9.13 Å². The average Bonchev–Trinajstić information content (AvgIpc) is 3.62. The smallest absolute Gasteiger partial charge is 0.303 e. The summed E-state index contributed by atoms with van der Waals surface area (Å²) in [5, 5.41) is 41.8. The van der Waals surface area contributed by atoms with Gasteiger partial charge in [0.15, 0.2) is 0 Å². The Labute approximate surface area is 440 Å². The number of hydrogen-bond donors (Lipinski definition) is 4. The number of aromatic hydroxyl groups is 4. The summed E-state index contributed by atoms with van der Waals surface area (Å²) >= 11 is 0. The number of phenols is 4. The molecule has 0 spiro atoms. The molecule has 0 bridgehead atoms. The molecule has 3 aliphatic heterocycles. The highest BCUT2D eigenvalue weighted by Gasteiger charge is 2.70. The van der Waals surface area contributed by atoms with E-state index in [1.165, 1.54) is 24.3 Å². The molecule has 76 heavy (non-hydrogen) atoms. The molecule has 0 aliphatic carbocycles. The fourth-order valence-electron chi connectivity index (χ4n) is 10.7. The van der Waals surface area contributed by atoms with Gasteiger partial charge in [-0.15, -0.1) is 0 Å². The summed E-state index contributed by atoms with van der Waals surface area (Å²) in [4.78, 5) is -1.99. The molecular weight excluding hydrogens is 1010 g/mol. The summed E-state index contributed by atoms with van der Waals surface area (Å²) in [5.41, 5.74) is 6.36. The van der Waals surface area contributed by atoms with E-state index in [1.807, 2.05) is 109 Å². The monoisotopic (exact) mass is 1060 g/mol. The zero-order chi connectivity index (χ0) is 51.5. The van der Waals surface area contributed by atoms with Gasteiger partial charge in [0.2, 0.25) is 4.90 Å². The molecule has 10 nitrogen and oxygen atoms in total. The predicted octanol–water partition coefficient (Wildman–Crippen LogP) is 15.1. The van der Waals surface area contributed by atoms with Crippen LogP contribution in [-0.4, -0.2) is 20.4 Å². The molecular formula is C63H49O10P3. The topological polar surface area (TPSA) is 160 Å². The van der Waals surface area contributed by atoms with Gasteiger partial charge in [-0.05, 0) is 124 Å². The summed E-state index contributed by atoms with van der Waals surface area (Å²) in [5.74, 6) is 1.61. The number of benzene rings is 10. The van der Waals surface area contributed by atoms with E-state index in [0.29, 0.717) is 55.4 Å². The quantitative estimate of drug-likeness (QED) is 0.113. The molecule has 13 heteroatoms. The van der Waals surface area contributed by atoms with Crippen LogP contribution in [0.3, 0.4) is 0 Å². The minimum atomic E-state index is -4.40. The number of phenolic OH excluding ortho intramolecular Hbond substituents is 4. The van der Waals surface area contributed by atoms with Crippen LogP contribution in [0, 0.1) is 0 Å². The Kier molecular flexibility index (Phi) is 12.6. The van der Waals surface area contributed by atoms with Gasteiger partial charge in [0.25, 0.3) is 7.37 Å². The molecule has 4 N–H and O–H groups in total. The van der Waals surface area contributed by atoms with Crippen molar-refractivity contribution in [1.29, 1.82) is 0 Å². The van der Waals surface area contributed by atoms with Crippen LogP contribution in [0.1, 0.15) is 35.3 Å². The van der Waals surface area contributed by atoms with Crippen molar-refractivity contribution in [1.82, 2.24) is 0 Å². The number of fused-ring (bicyclic) bond motifs is 9. The molecule has 10 aromatic rings. The Bertz CT molecular complexity index is 3770. The van der Waals surface area contributed by atoms with Crippen molar-refractivity contribution in [3.8, 4) is 73.6 Å². The van der Waals surface area contributed by atoms with Gasteiger partial charge in [0.1, 0.15) is 45.9 Å². The highest BCUT2D eigenvalue weighted by molar-refractivity contribution is 7.86. The molecule has 3 atom stereocenters. The van der Waals surface area contributed by atoms with Crippen molar-refractivity contribution < 1.29 is 47.7 Å². The lowest BCUT2D eigenvalue weighted by atomic mass is 10.0. The summed E-state index contributed by atoms with van der Waals surface area (Å²) in [7, 11) is -12.3. The Morgan fingerprint density at radius 3 is 0.961 bits per heavy atom. The Hall–Kier alpha value is -8.51. The maximum absolute atomic E-state index is 16.6. The van der Waals surface area contributed by atoms with Crippen molar-refractivity contribution in [3.05, 3.63) is 265 Å². The second-order valence-electron chi connectivity index (χ2n) is 18.4. The fraction of sp³-hybridized carbons (Fsp3) is 0.0476. The first-order valence-corrected chi connectivity index (χ1v) is 29.0. The minimum Gasteiger partial charge on any atom is -0.508 e. The first kappa shape index (κ1) is 49.7. The first-order chi connectivity index (χ1) is 36.4. The largest absolute Gasteiger partial charge is 0.508 e. The maximum atomic E-state index is 16.6. The Morgan fingerprint density at radius 2 is 0.592 bits per heavy atom. The van der Waals surface area contributed by atoms with Crippen LogP contribution in [0.5, 0.6) is 40.2 Å². The summed E-state index contributed by atoms with van der Waals surface area (Å²) in [6.45, 7) is 0. The summed E-state index contributed by atoms with van der Waals surface area (Å²) in [6, 6.07) is 70.4.